The van der Waals surface area contributed by atoms with Crippen molar-refractivity contribution in [3.8, 4) is 6.07 Å². The molecule has 4 rings (SSSR count). The Morgan fingerprint density at radius 3 is 2.35 bits per heavy atom. The summed E-state index contributed by atoms with van der Waals surface area (Å²) in [4.78, 5) is 15.1. The van der Waals surface area contributed by atoms with Crippen LogP contribution in [0.4, 0.5) is 17.5 Å². The number of hydrogen-bond donors (Lipinski definition) is 1. The van der Waals surface area contributed by atoms with Crippen LogP contribution in [0.3, 0.4) is 0 Å². The molecule has 0 amide bonds. The van der Waals surface area contributed by atoms with E-state index in [0.29, 0.717) is 43.4 Å². The molecule has 0 aliphatic carbocycles. The number of nitriles is 1. The lowest BCUT2D eigenvalue weighted by Gasteiger charge is -2.34. The SMILES string of the molecule is Cc1ccnc(Nc2cc(N3CCN(S(=O)(=O)c4ccc(C#N)cc4)CC3)ncn2)c1. The number of piperazine rings is 1. The number of rotatable bonds is 5. The lowest BCUT2D eigenvalue weighted by atomic mass is 10.2. The third-order valence-corrected chi connectivity index (χ3v) is 6.92. The average Bonchev–Trinajstić information content (AvgIpc) is 2.79. The molecule has 3 aromatic rings. The molecule has 0 saturated carbocycles. The molecule has 158 valence electrons. The first-order valence-electron chi connectivity index (χ1n) is 9.73. The van der Waals surface area contributed by atoms with Crippen LogP contribution in [0.1, 0.15) is 11.1 Å². The normalized spacial score (nSPS) is 14.8. The molecule has 1 saturated heterocycles. The second kappa shape index (κ2) is 8.67. The van der Waals surface area contributed by atoms with E-state index in [9.17, 15) is 8.42 Å². The lowest BCUT2D eigenvalue weighted by Crippen LogP contribution is -2.48. The highest BCUT2D eigenvalue weighted by Gasteiger charge is 2.29. The maximum atomic E-state index is 12.9. The molecule has 0 atom stereocenters. The minimum atomic E-state index is -3.60. The Labute approximate surface area is 181 Å². The Kier molecular flexibility index (Phi) is 5.79. The smallest absolute Gasteiger partial charge is 0.243 e. The fraction of sp³-hybridized carbons (Fsp3) is 0.238. The Bertz CT molecular complexity index is 1210. The predicted molar refractivity (Wildman–Crippen MR) is 116 cm³/mol. The Morgan fingerprint density at radius 1 is 0.968 bits per heavy atom. The van der Waals surface area contributed by atoms with Gasteiger partial charge >= 0.3 is 0 Å². The summed E-state index contributed by atoms with van der Waals surface area (Å²) in [6.07, 6.45) is 3.21. The maximum Gasteiger partial charge on any atom is 0.243 e. The second-order valence-corrected chi connectivity index (χ2v) is 9.07. The summed E-state index contributed by atoms with van der Waals surface area (Å²) in [5.41, 5.74) is 1.52. The lowest BCUT2D eigenvalue weighted by molar-refractivity contribution is 0.384. The monoisotopic (exact) mass is 435 g/mol. The van der Waals surface area contributed by atoms with E-state index < -0.39 is 10.0 Å². The molecular weight excluding hydrogens is 414 g/mol. The number of aryl methyl sites for hydroxylation is 1. The van der Waals surface area contributed by atoms with E-state index >= 15 is 0 Å². The average molecular weight is 436 g/mol. The van der Waals surface area contributed by atoms with E-state index in [1.165, 1.54) is 34.9 Å². The number of anilines is 3. The molecule has 1 aliphatic rings. The van der Waals surface area contributed by atoms with Gasteiger partial charge in [-0.05, 0) is 48.9 Å². The summed E-state index contributed by atoms with van der Waals surface area (Å²) in [5, 5.41) is 12.1. The zero-order valence-electron chi connectivity index (χ0n) is 16.9. The second-order valence-electron chi connectivity index (χ2n) is 7.13. The molecule has 1 aromatic carbocycles. The van der Waals surface area contributed by atoms with Gasteiger partial charge in [0.2, 0.25) is 10.0 Å². The highest BCUT2D eigenvalue weighted by molar-refractivity contribution is 7.89. The van der Waals surface area contributed by atoms with Gasteiger partial charge < -0.3 is 10.2 Å². The maximum absolute atomic E-state index is 12.9. The summed E-state index contributed by atoms with van der Waals surface area (Å²) >= 11 is 0. The van der Waals surface area contributed by atoms with Crippen LogP contribution < -0.4 is 10.2 Å². The number of nitrogens with zero attached hydrogens (tertiary/aromatic N) is 6. The van der Waals surface area contributed by atoms with Gasteiger partial charge in [0.1, 0.15) is 23.8 Å². The molecule has 10 heteroatoms. The third-order valence-electron chi connectivity index (χ3n) is 5.01. The van der Waals surface area contributed by atoms with Crippen LogP contribution >= 0.6 is 0 Å². The van der Waals surface area contributed by atoms with E-state index in [-0.39, 0.29) is 4.90 Å². The van der Waals surface area contributed by atoms with Crippen LogP contribution in [0.2, 0.25) is 0 Å². The Hall–Kier alpha value is -3.55. The van der Waals surface area contributed by atoms with Gasteiger partial charge in [0.25, 0.3) is 0 Å². The molecule has 1 aliphatic heterocycles. The van der Waals surface area contributed by atoms with Crippen LogP contribution in [0.15, 0.2) is 59.9 Å². The van der Waals surface area contributed by atoms with E-state index in [1.54, 1.807) is 6.20 Å². The van der Waals surface area contributed by atoms with Crippen molar-refractivity contribution < 1.29 is 8.42 Å². The summed E-state index contributed by atoms with van der Waals surface area (Å²) in [6, 6.07) is 13.6. The minimum Gasteiger partial charge on any atom is -0.354 e. The largest absolute Gasteiger partial charge is 0.354 e. The highest BCUT2D eigenvalue weighted by atomic mass is 32.2. The fourth-order valence-electron chi connectivity index (χ4n) is 3.33. The first kappa shape index (κ1) is 20.7. The van der Waals surface area contributed by atoms with Crippen molar-refractivity contribution in [1.82, 2.24) is 19.3 Å². The summed E-state index contributed by atoms with van der Waals surface area (Å²) in [5.74, 6) is 2.04. The van der Waals surface area contributed by atoms with Gasteiger partial charge in [-0.15, -0.1) is 0 Å². The van der Waals surface area contributed by atoms with Crippen molar-refractivity contribution in [1.29, 1.82) is 5.26 Å². The molecule has 3 heterocycles. The van der Waals surface area contributed by atoms with Crippen molar-refractivity contribution in [3.05, 3.63) is 66.1 Å². The van der Waals surface area contributed by atoms with Gasteiger partial charge in [0.15, 0.2) is 0 Å². The van der Waals surface area contributed by atoms with Crippen LogP contribution in [-0.2, 0) is 10.0 Å². The molecule has 0 bridgehead atoms. The molecule has 1 N–H and O–H groups in total. The number of hydrogen-bond acceptors (Lipinski definition) is 8. The van der Waals surface area contributed by atoms with Gasteiger partial charge in [-0.3, -0.25) is 0 Å². The van der Waals surface area contributed by atoms with Gasteiger partial charge in [0.05, 0.1) is 16.5 Å². The molecule has 9 nitrogen and oxygen atoms in total. The number of pyridine rings is 1. The number of benzene rings is 1. The van der Waals surface area contributed by atoms with Crippen LogP contribution in [0.25, 0.3) is 0 Å². The Balaban J connectivity index is 1.43. The van der Waals surface area contributed by atoms with Crippen molar-refractivity contribution in [2.45, 2.75) is 11.8 Å². The standard InChI is InChI=1S/C21H21N7O2S/c1-16-6-7-23-19(12-16)26-20-13-21(25-15-24-20)27-8-10-28(11-9-27)31(29,30)18-4-2-17(14-22)3-5-18/h2-7,12-13,15H,8-11H2,1H3,(H,23,24,25,26). The molecular formula is C21H21N7O2S. The van der Waals surface area contributed by atoms with E-state index in [1.807, 2.05) is 36.1 Å². The molecule has 0 spiro atoms. The zero-order valence-corrected chi connectivity index (χ0v) is 17.7. The number of sulfonamides is 1. The van der Waals surface area contributed by atoms with Crippen molar-refractivity contribution in [2.75, 3.05) is 36.4 Å². The molecule has 0 unspecified atom stereocenters. The molecule has 31 heavy (non-hydrogen) atoms. The third kappa shape index (κ3) is 4.63. The van der Waals surface area contributed by atoms with Crippen LogP contribution in [0, 0.1) is 18.3 Å². The van der Waals surface area contributed by atoms with Crippen molar-refractivity contribution in [3.63, 3.8) is 0 Å². The Morgan fingerprint density at radius 2 is 1.68 bits per heavy atom. The quantitative estimate of drug-likeness (QED) is 0.649. The molecule has 2 aromatic heterocycles. The van der Waals surface area contributed by atoms with Gasteiger partial charge in [-0.1, -0.05) is 0 Å². The van der Waals surface area contributed by atoms with Crippen LogP contribution in [0.5, 0.6) is 0 Å². The first-order valence-corrected chi connectivity index (χ1v) is 11.2. The van der Waals surface area contributed by atoms with E-state index in [0.717, 1.165) is 11.4 Å². The van der Waals surface area contributed by atoms with Gasteiger partial charge in [-0.2, -0.15) is 9.57 Å². The highest BCUT2D eigenvalue weighted by Crippen LogP contribution is 2.22. The summed E-state index contributed by atoms with van der Waals surface area (Å²) in [7, 11) is -3.60. The first-order chi connectivity index (χ1) is 15.0. The van der Waals surface area contributed by atoms with E-state index in [2.05, 4.69) is 20.3 Å². The van der Waals surface area contributed by atoms with Crippen molar-refractivity contribution >= 4 is 27.5 Å². The number of nitrogens with one attached hydrogen (secondary N) is 1. The molecule has 0 radical (unpaired) electrons. The van der Waals surface area contributed by atoms with Gasteiger partial charge in [0, 0.05) is 38.4 Å². The molecule has 1 fully saturated rings. The number of aromatic nitrogens is 3. The summed E-state index contributed by atoms with van der Waals surface area (Å²) in [6.45, 7) is 3.69. The fourth-order valence-corrected chi connectivity index (χ4v) is 4.75. The minimum absolute atomic E-state index is 0.194. The van der Waals surface area contributed by atoms with Gasteiger partial charge in [-0.25, -0.2) is 23.4 Å². The van der Waals surface area contributed by atoms with E-state index in [4.69, 9.17) is 5.26 Å². The summed E-state index contributed by atoms with van der Waals surface area (Å²) < 4.78 is 27.3. The van der Waals surface area contributed by atoms with Crippen molar-refractivity contribution in [2.24, 2.45) is 0 Å². The zero-order chi connectivity index (χ0) is 21.8. The topological polar surface area (TPSA) is 115 Å². The van der Waals surface area contributed by atoms with Crippen LogP contribution in [-0.4, -0.2) is 53.9 Å². The predicted octanol–water partition coefficient (Wildman–Crippen LogP) is 2.31.